The molecule has 0 N–H and O–H groups in total. The van der Waals surface area contributed by atoms with E-state index in [1.54, 1.807) is 14.2 Å². The molecule has 9 aromatic rings. The number of fused-ring (bicyclic) bond motifs is 13. The number of para-hydroxylation sites is 2. The fourth-order valence-electron chi connectivity index (χ4n) is 16.0. The van der Waals surface area contributed by atoms with E-state index in [9.17, 15) is 0 Å². The van der Waals surface area contributed by atoms with Crippen molar-refractivity contribution in [3.63, 3.8) is 0 Å². The van der Waals surface area contributed by atoms with Crippen LogP contribution in [0, 0.1) is 0 Å². The van der Waals surface area contributed by atoms with Gasteiger partial charge < -0.3 is 19.3 Å². The summed E-state index contributed by atoms with van der Waals surface area (Å²) in [5.41, 5.74) is 26.8. The van der Waals surface area contributed by atoms with Gasteiger partial charge in [-0.05, 0) is 200 Å². The van der Waals surface area contributed by atoms with E-state index in [1.165, 1.54) is 154 Å². The lowest BCUT2D eigenvalue weighted by Gasteiger charge is -2.46. The monoisotopic (exact) mass is 1050 g/mol. The maximum Gasteiger partial charge on any atom is 0.118 e. The lowest BCUT2D eigenvalue weighted by molar-refractivity contribution is 0.353. The molecule has 4 heteroatoms. The van der Waals surface area contributed by atoms with E-state index in [1.807, 2.05) is 0 Å². The molecule has 1 atom stereocenters. The summed E-state index contributed by atoms with van der Waals surface area (Å²) in [6, 6.07) is 80.3. The zero-order valence-corrected chi connectivity index (χ0v) is 46.9. The highest BCUT2D eigenvalue weighted by Gasteiger charge is 2.48. The molecule has 0 aliphatic heterocycles. The van der Waals surface area contributed by atoms with Crippen molar-refractivity contribution in [2.45, 2.75) is 93.8 Å². The fraction of sp³-hybridized carbons (Fsp3) is 0.221. The van der Waals surface area contributed by atoms with Crippen LogP contribution in [0.3, 0.4) is 0 Å². The molecule has 6 aliphatic rings. The first-order chi connectivity index (χ1) is 39.9. The third kappa shape index (κ3) is 7.77. The molecule has 4 nitrogen and oxygen atoms in total. The molecule has 0 heterocycles. The maximum atomic E-state index is 5.80. The molecule has 2 spiro atoms. The molecule has 2 fully saturated rings. The Balaban J connectivity index is 0.950. The number of nitrogens with zero attached hydrogens (tertiary/aromatic N) is 2. The Hall–Kier alpha value is -8.60. The summed E-state index contributed by atoms with van der Waals surface area (Å²) in [5.74, 6) is 1.67. The highest BCUT2D eigenvalue weighted by molar-refractivity contribution is 6.09. The predicted octanol–water partition coefficient (Wildman–Crippen LogP) is 19.9. The van der Waals surface area contributed by atoms with Crippen molar-refractivity contribution in [3.8, 4) is 33.8 Å². The number of anilines is 5. The number of hydrogen-bond donors (Lipinski definition) is 0. The highest BCUT2D eigenvalue weighted by atomic mass is 16.5. The van der Waals surface area contributed by atoms with Crippen LogP contribution >= 0.6 is 0 Å². The van der Waals surface area contributed by atoms with Gasteiger partial charge in [0.2, 0.25) is 0 Å². The van der Waals surface area contributed by atoms with Crippen LogP contribution < -0.4 is 19.3 Å². The molecule has 9 aromatic carbocycles. The topological polar surface area (TPSA) is 24.9 Å². The number of allylic oxidation sites excluding steroid dienone is 5. The van der Waals surface area contributed by atoms with Crippen LogP contribution in [0.15, 0.2) is 236 Å². The highest BCUT2D eigenvalue weighted by Crippen LogP contribution is 2.61. The lowest BCUT2D eigenvalue weighted by atomic mass is 9.60. The standard InChI is InChI=1S/C77H68N2O2/c1-75-51-59(79(55-22-10-5-11-23-55)58-33-41-65-63-25-13-15-27-68(63)77(72(65)50-58)46-18-7-19-47-77)35-43-69(75)74(53-30-38-61(81-3)39-31-53)73(52-28-36-60(80-2)37-29-52)66-42-34-56(48-70(66)75)78(54-20-8-4-9-21-54)57-32-40-64-62-24-12-14-26-67(62)76(71(64)49-57)44-16-6-17-45-76/h4-5,8-15,20-43,48-50H,6-7,16-19,44-47,51H2,1-3H3. The molecule has 1 unspecified atom stereocenters. The first-order valence-electron chi connectivity index (χ1n) is 29.7. The summed E-state index contributed by atoms with van der Waals surface area (Å²) in [5, 5.41) is 0. The Kier molecular flexibility index (Phi) is 12.0. The molecular formula is C77H68N2O2. The molecule has 81 heavy (non-hydrogen) atoms. The third-order valence-corrected chi connectivity index (χ3v) is 19.7. The minimum absolute atomic E-state index is 0.0246. The number of methoxy groups -OCH3 is 2. The number of hydrogen-bond acceptors (Lipinski definition) is 4. The Morgan fingerprint density at radius 1 is 0.346 bits per heavy atom. The van der Waals surface area contributed by atoms with Crippen LogP contribution in [0.4, 0.5) is 28.4 Å². The van der Waals surface area contributed by atoms with Gasteiger partial charge in [0, 0.05) is 56.8 Å². The van der Waals surface area contributed by atoms with Gasteiger partial charge in [-0.25, -0.2) is 0 Å². The second-order valence-corrected chi connectivity index (χ2v) is 23.9. The summed E-state index contributed by atoms with van der Waals surface area (Å²) in [6.07, 6.45) is 18.0. The van der Waals surface area contributed by atoms with Gasteiger partial charge in [0.1, 0.15) is 11.5 Å². The Bertz CT molecular complexity index is 4000. The van der Waals surface area contributed by atoms with Gasteiger partial charge in [0.25, 0.3) is 0 Å². The summed E-state index contributed by atoms with van der Waals surface area (Å²) in [6.45, 7) is 2.52. The first kappa shape index (κ1) is 49.4. The van der Waals surface area contributed by atoms with Gasteiger partial charge in [-0.1, -0.05) is 179 Å². The molecule has 0 saturated heterocycles. The second-order valence-electron chi connectivity index (χ2n) is 23.9. The van der Waals surface area contributed by atoms with E-state index in [0.29, 0.717) is 0 Å². The van der Waals surface area contributed by atoms with Crippen LogP contribution in [0.2, 0.25) is 0 Å². The molecule has 0 radical (unpaired) electrons. The smallest absolute Gasteiger partial charge is 0.118 e. The van der Waals surface area contributed by atoms with Crippen molar-refractivity contribution < 1.29 is 9.47 Å². The van der Waals surface area contributed by atoms with Crippen LogP contribution in [0.1, 0.15) is 122 Å². The molecule has 398 valence electrons. The fourth-order valence-corrected chi connectivity index (χ4v) is 16.0. The van der Waals surface area contributed by atoms with Crippen molar-refractivity contribution in [3.05, 3.63) is 280 Å². The van der Waals surface area contributed by atoms with Crippen LogP contribution in [0.25, 0.3) is 33.4 Å². The molecule has 0 amide bonds. The molecule has 15 rings (SSSR count). The minimum Gasteiger partial charge on any atom is -0.497 e. The average molecular weight is 1050 g/mol. The van der Waals surface area contributed by atoms with E-state index in [4.69, 9.17) is 9.47 Å². The van der Waals surface area contributed by atoms with Crippen LogP contribution in [-0.2, 0) is 16.2 Å². The van der Waals surface area contributed by atoms with Crippen molar-refractivity contribution in [1.29, 1.82) is 0 Å². The Labute approximate surface area is 478 Å². The summed E-state index contributed by atoms with van der Waals surface area (Å²) in [4.78, 5) is 5.11. The summed E-state index contributed by atoms with van der Waals surface area (Å²) < 4.78 is 11.6. The minimum atomic E-state index is -0.501. The van der Waals surface area contributed by atoms with E-state index < -0.39 is 5.41 Å². The van der Waals surface area contributed by atoms with Crippen molar-refractivity contribution in [2.75, 3.05) is 24.0 Å². The van der Waals surface area contributed by atoms with E-state index in [0.717, 1.165) is 46.1 Å². The number of ether oxygens (including phenoxy) is 2. The van der Waals surface area contributed by atoms with Crippen LogP contribution in [-0.4, -0.2) is 14.2 Å². The van der Waals surface area contributed by atoms with Crippen molar-refractivity contribution >= 4 is 39.6 Å². The molecule has 0 bridgehead atoms. The van der Waals surface area contributed by atoms with E-state index in [2.05, 4.69) is 241 Å². The summed E-state index contributed by atoms with van der Waals surface area (Å²) >= 11 is 0. The third-order valence-electron chi connectivity index (χ3n) is 19.7. The second kappa shape index (κ2) is 19.6. The number of rotatable bonds is 10. The predicted molar refractivity (Wildman–Crippen MR) is 335 cm³/mol. The van der Waals surface area contributed by atoms with Gasteiger partial charge in [0.05, 0.1) is 14.2 Å². The van der Waals surface area contributed by atoms with Gasteiger partial charge in [-0.2, -0.15) is 0 Å². The number of benzene rings is 9. The Morgan fingerprint density at radius 2 is 0.765 bits per heavy atom. The van der Waals surface area contributed by atoms with E-state index >= 15 is 0 Å². The average Bonchev–Trinajstić information content (AvgIpc) is 4.18. The van der Waals surface area contributed by atoms with Crippen molar-refractivity contribution in [1.82, 2.24) is 0 Å². The zero-order chi connectivity index (χ0) is 54.3. The summed E-state index contributed by atoms with van der Waals surface area (Å²) in [7, 11) is 3.50. The molecular weight excluding hydrogens is 985 g/mol. The van der Waals surface area contributed by atoms with Gasteiger partial charge >= 0.3 is 0 Å². The van der Waals surface area contributed by atoms with Crippen molar-refractivity contribution in [2.24, 2.45) is 0 Å². The van der Waals surface area contributed by atoms with E-state index in [-0.39, 0.29) is 10.8 Å². The SMILES string of the molecule is COc1ccc(C2=C(c3ccc(OC)cc3)c3ccc(N(c4ccccc4)c4ccc5c(c4)C4(CCCCC4)c4ccccc4-5)cc3C3(C)CC(N(c4ccccc4)c4ccc5c(c4)C4(CCCCC4)c4ccccc4-5)=CC=C23)cc1. The van der Waals surface area contributed by atoms with Gasteiger partial charge in [-0.15, -0.1) is 0 Å². The largest absolute Gasteiger partial charge is 0.497 e. The molecule has 6 aliphatic carbocycles. The molecule has 2 saturated carbocycles. The normalized spacial score (nSPS) is 18.6. The zero-order valence-electron chi connectivity index (χ0n) is 46.9. The lowest BCUT2D eigenvalue weighted by Crippen LogP contribution is -2.36. The van der Waals surface area contributed by atoms with Gasteiger partial charge in [0.15, 0.2) is 0 Å². The van der Waals surface area contributed by atoms with Gasteiger partial charge in [-0.3, -0.25) is 0 Å². The maximum absolute atomic E-state index is 5.80. The van der Waals surface area contributed by atoms with Crippen LogP contribution in [0.5, 0.6) is 11.5 Å². The Morgan fingerprint density at radius 3 is 1.27 bits per heavy atom. The molecule has 0 aromatic heterocycles. The quantitative estimate of drug-likeness (QED) is 0.136. The first-order valence-corrected chi connectivity index (χ1v) is 29.7.